The summed E-state index contributed by atoms with van der Waals surface area (Å²) in [6.45, 7) is 9.08. The van der Waals surface area contributed by atoms with Gasteiger partial charge in [0.15, 0.2) is 0 Å². The summed E-state index contributed by atoms with van der Waals surface area (Å²) in [7, 11) is 0. The number of fused-ring (bicyclic) bond motifs is 2. The molecule has 182 valence electrons. The normalized spacial score (nSPS) is 32.1. The lowest BCUT2D eigenvalue weighted by Gasteiger charge is -2.49. The highest BCUT2D eigenvalue weighted by atomic mass is 32.1. The maximum atomic E-state index is 12.3. The van der Waals surface area contributed by atoms with E-state index in [9.17, 15) is 9.59 Å². The molecule has 6 nitrogen and oxygen atoms in total. The number of carbonyl (C=O) groups is 2. The molecule has 3 fully saturated rings. The number of nitrogens with zero attached hydrogens (tertiary/aromatic N) is 2. The van der Waals surface area contributed by atoms with Crippen molar-refractivity contribution in [2.24, 2.45) is 5.92 Å². The highest BCUT2D eigenvalue weighted by Gasteiger charge is 2.45. The third-order valence-electron chi connectivity index (χ3n) is 8.33. The van der Waals surface area contributed by atoms with Gasteiger partial charge in [-0.25, -0.2) is 0 Å². The fourth-order valence-electron chi connectivity index (χ4n) is 6.36. The summed E-state index contributed by atoms with van der Waals surface area (Å²) >= 11 is 2.00. The number of amides is 2. The highest BCUT2D eigenvalue weighted by Crippen LogP contribution is 2.46. The van der Waals surface area contributed by atoms with E-state index >= 15 is 0 Å². The van der Waals surface area contributed by atoms with Crippen LogP contribution in [-0.2, 0) is 32.8 Å². The predicted octanol–water partition coefficient (Wildman–Crippen LogP) is 3.47. The lowest BCUT2D eigenvalue weighted by molar-refractivity contribution is -0.129. The molecule has 0 bridgehead atoms. The van der Waals surface area contributed by atoms with Gasteiger partial charge in [0.25, 0.3) is 0 Å². The van der Waals surface area contributed by atoms with Crippen molar-refractivity contribution in [3.05, 3.63) is 21.4 Å². The van der Waals surface area contributed by atoms with E-state index in [-0.39, 0.29) is 17.4 Å². The smallest absolute Gasteiger partial charge is 0.222 e. The molecule has 0 aromatic carbocycles. The molecule has 4 heterocycles. The zero-order valence-corrected chi connectivity index (χ0v) is 21.1. The summed E-state index contributed by atoms with van der Waals surface area (Å²) < 4.78 is 6.49. The van der Waals surface area contributed by atoms with E-state index in [1.54, 1.807) is 4.88 Å². The SMILES string of the molecule is CCc1cc2c(s1)CCO[C@@]21CCN(CC2CC(NC(=O)CCN3CCCC3=O)C2)[C@@H](C)C1. The van der Waals surface area contributed by atoms with Crippen molar-refractivity contribution in [3.8, 4) is 0 Å². The van der Waals surface area contributed by atoms with E-state index in [1.807, 2.05) is 16.2 Å². The molecule has 2 amide bonds. The number of piperidine rings is 1. The fraction of sp³-hybridized carbons (Fsp3) is 0.769. The van der Waals surface area contributed by atoms with E-state index in [4.69, 9.17) is 4.74 Å². The number of nitrogens with one attached hydrogen (secondary N) is 1. The van der Waals surface area contributed by atoms with Crippen LogP contribution in [-0.4, -0.2) is 66.5 Å². The first kappa shape index (κ1) is 23.3. The minimum atomic E-state index is -0.0692. The molecule has 3 aliphatic heterocycles. The molecule has 2 saturated heterocycles. The Labute approximate surface area is 202 Å². The molecule has 0 radical (unpaired) electrons. The van der Waals surface area contributed by atoms with Gasteiger partial charge in [0, 0.05) is 67.3 Å². The molecule has 1 saturated carbocycles. The molecule has 33 heavy (non-hydrogen) atoms. The summed E-state index contributed by atoms with van der Waals surface area (Å²) in [5.74, 6) is 0.963. The van der Waals surface area contributed by atoms with Gasteiger partial charge in [0.05, 0.1) is 12.2 Å². The number of aryl methyl sites for hydroxylation is 1. The highest BCUT2D eigenvalue weighted by molar-refractivity contribution is 7.12. The lowest BCUT2D eigenvalue weighted by Crippen LogP contribution is -2.54. The second-order valence-corrected chi connectivity index (χ2v) is 11.9. The quantitative estimate of drug-likeness (QED) is 0.659. The standard InChI is InChI=1S/C26H39N3O3S/c1-3-21-15-22-23(33-21)7-12-32-26(22)8-11-29(18(2)16-26)17-19-13-20(14-19)27-24(30)6-10-28-9-4-5-25(28)31/h15,18-20H,3-14,16-17H2,1-2H3,(H,27,30)/t18-,19?,20?,26+/m0/s1. The van der Waals surface area contributed by atoms with Gasteiger partial charge in [0.1, 0.15) is 0 Å². The summed E-state index contributed by atoms with van der Waals surface area (Å²) in [5.41, 5.74) is 1.42. The largest absolute Gasteiger partial charge is 0.370 e. The first-order valence-corrected chi connectivity index (χ1v) is 13.8. The topological polar surface area (TPSA) is 61.9 Å². The summed E-state index contributed by atoms with van der Waals surface area (Å²) in [5, 5.41) is 3.18. The average molecular weight is 474 g/mol. The molecule has 1 spiro atoms. The van der Waals surface area contributed by atoms with Crippen LogP contribution >= 0.6 is 11.3 Å². The molecule has 1 aromatic rings. The first-order valence-electron chi connectivity index (χ1n) is 13.0. The molecule has 4 aliphatic rings. The Hall–Kier alpha value is -1.44. The second kappa shape index (κ2) is 9.67. The van der Waals surface area contributed by atoms with Crippen LogP contribution in [0.5, 0.6) is 0 Å². The molecule has 7 heteroatoms. The average Bonchev–Trinajstić information content (AvgIpc) is 3.39. The maximum Gasteiger partial charge on any atom is 0.222 e. The van der Waals surface area contributed by atoms with Crippen LogP contribution in [0, 0.1) is 5.92 Å². The van der Waals surface area contributed by atoms with Crippen LogP contribution in [0.25, 0.3) is 0 Å². The summed E-state index contributed by atoms with van der Waals surface area (Å²) in [6, 6.07) is 3.26. The monoisotopic (exact) mass is 473 g/mol. The number of likely N-dealkylation sites (tertiary alicyclic amines) is 2. The van der Waals surface area contributed by atoms with Gasteiger partial charge >= 0.3 is 0 Å². The van der Waals surface area contributed by atoms with Crippen molar-refractivity contribution in [2.45, 2.75) is 89.3 Å². The van der Waals surface area contributed by atoms with Gasteiger partial charge in [0.2, 0.25) is 11.8 Å². The Bertz CT molecular complexity index is 880. The zero-order valence-electron chi connectivity index (χ0n) is 20.2. The summed E-state index contributed by atoms with van der Waals surface area (Å²) in [6.07, 6.45) is 8.52. The van der Waals surface area contributed by atoms with Crippen molar-refractivity contribution in [2.75, 3.05) is 32.8 Å². The first-order chi connectivity index (χ1) is 16.0. The van der Waals surface area contributed by atoms with Gasteiger partial charge < -0.3 is 19.9 Å². The van der Waals surface area contributed by atoms with Gasteiger partial charge in [-0.1, -0.05) is 6.92 Å². The Morgan fingerprint density at radius 3 is 2.88 bits per heavy atom. The predicted molar refractivity (Wildman–Crippen MR) is 130 cm³/mol. The lowest BCUT2D eigenvalue weighted by atomic mass is 9.76. The third-order valence-corrected chi connectivity index (χ3v) is 9.67. The van der Waals surface area contributed by atoms with E-state index in [2.05, 4.69) is 30.1 Å². The number of ether oxygens (including phenoxy) is 1. The number of hydrogen-bond donors (Lipinski definition) is 1. The minimum absolute atomic E-state index is 0.0692. The number of hydrogen-bond acceptors (Lipinski definition) is 5. The van der Waals surface area contributed by atoms with Crippen molar-refractivity contribution in [3.63, 3.8) is 0 Å². The van der Waals surface area contributed by atoms with Crippen molar-refractivity contribution in [1.82, 2.24) is 15.1 Å². The van der Waals surface area contributed by atoms with Crippen LogP contribution in [0.3, 0.4) is 0 Å². The molecular weight excluding hydrogens is 434 g/mol. The van der Waals surface area contributed by atoms with Crippen molar-refractivity contribution in [1.29, 1.82) is 0 Å². The molecule has 1 aromatic heterocycles. The number of thiophene rings is 1. The van der Waals surface area contributed by atoms with Crippen LogP contribution in [0.2, 0.25) is 0 Å². The van der Waals surface area contributed by atoms with E-state index < -0.39 is 0 Å². The Kier molecular flexibility index (Phi) is 6.83. The van der Waals surface area contributed by atoms with E-state index in [0.717, 1.165) is 71.2 Å². The molecule has 2 atom stereocenters. The number of rotatable bonds is 7. The molecule has 1 N–H and O–H groups in total. The van der Waals surface area contributed by atoms with E-state index in [1.165, 1.54) is 10.4 Å². The summed E-state index contributed by atoms with van der Waals surface area (Å²) in [4.78, 5) is 31.5. The Balaban J connectivity index is 1.06. The molecule has 5 rings (SSSR count). The van der Waals surface area contributed by atoms with Crippen LogP contribution < -0.4 is 5.32 Å². The van der Waals surface area contributed by atoms with Gasteiger partial charge in [-0.05, 0) is 63.0 Å². The van der Waals surface area contributed by atoms with Gasteiger partial charge in [-0.2, -0.15) is 0 Å². The fourth-order valence-corrected chi connectivity index (χ4v) is 7.54. The Morgan fingerprint density at radius 1 is 1.30 bits per heavy atom. The zero-order chi connectivity index (χ0) is 23.0. The Morgan fingerprint density at radius 2 is 2.15 bits per heavy atom. The molecule has 1 aliphatic carbocycles. The van der Waals surface area contributed by atoms with Crippen LogP contribution in [0.4, 0.5) is 0 Å². The maximum absolute atomic E-state index is 12.3. The minimum Gasteiger partial charge on any atom is -0.370 e. The van der Waals surface area contributed by atoms with Crippen LogP contribution in [0.1, 0.15) is 74.1 Å². The van der Waals surface area contributed by atoms with Gasteiger partial charge in [-0.3, -0.25) is 9.59 Å². The van der Waals surface area contributed by atoms with Gasteiger partial charge in [-0.15, -0.1) is 11.3 Å². The molecule has 0 unspecified atom stereocenters. The van der Waals surface area contributed by atoms with Crippen molar-refractivity contribution < 1.29 is 14.3 Å². The van der Waals surface area contributed by atoms with Crippen molar-refractivity contribution >= 4 is 23.2 Å². The number of carbonyl (C=O) groups excluding carboxylic acids is 2. The second-order valence-electron chi connectivity index (χ2n) is 10.6. The van der Waals surface area contributed by atoms with E-state index in [0.29, 0.717) is 37.4 Å². The molecular formula is C26H39N3O3S. The van der Waals surface area contributed by atoms with Crippen LogP contribution in [0.15, 0.2) is 6.07 Å². The third kappa shape index (κ3) is 4.87.